The molecule has 3 heteroatoms. The quantitative estimate of drug-likeness (QED) is 0.441. The maximum atomic E-state index is 2.63. The van der Waals surface area contributed by atoms with Crippen molar-refractivity contribution in [1.82, 2.24) is 9.80 Å². The van der Waals surface area contributed by atoms with E-state index < -0.39 is 21.4 Å². The summed E-state index contributed by atoms with van der Waals surface area (Å²) in [7, 11) is 2.27. The third kappa shape index (κ3) is 11.0. The van der Waals surface area contributed by atoms with E-state index in [4.69, 9.17) is 0 Å². The Balaban J connectivity index is 3.96. The Bertz CT molecular complexity index is 231. The van der Waals surface area contributed by atoms with Crippen LogP contribution in [-0.4, -0.2) is 70.0 Å². The van der Waals surface area contributed by atoms with Crippen molar-refractivity contribution in [1.29, 1.82) is 0 Å². The van der Waals surface area contributed by atoms with Gasteiger partial charge in [-0.1, -0.05) is 0 Å². The molecule has 0 aromatic heterocycles. The van der Waals surface area contributed by atoms with E-state index in [1.807, 2.05) is 0 Å². The van der Waals surface area contributed by atoms with Gasteiger partial charge in [0.1, 0.15) is 0 Å². The van der Waals surface area contributed by atoms with Crippen molar-refractivity contribution in [3.05, 3.63) is 0 Å². The van der Waals surface area contributed by atoms with E-state index in [2.05, 4.69) is 58.4 Å². The first-order chi connectivity index (χ1) is 9.92. The van der Waals surface area contributed by atoms with Crippen LogP contribution in [0.2, 0.25) is 12.5 Å². The summed E-state index contributed by atoms with van der Waals surface area (Å²) in [5, 5.41) is 0. The van der Waals surface area contributed by atoms with Crippen molar-refractivity contribution < 1.29 is 0 Å². The van der Waals surface area contributed by atoms with Crippen LogP contribution in [0, 0.1) is 0 Å². The summed E-state index contributed by atoms with van der Waals surface area (Å²) in [6.07, 6.45) is 4.35. The molecular weight excluding hydrogens is 359 g/mol. The molecule has 0 aliphatic rings. The van der Waals surface area contributed by atoms with Crippen LogP contribution in [0.5, 0.6) is 0 Å². The van der Waals surface area contributed by atoms with Gasteiger partial charge in [-0.2, -0.15) is 0 Å². The summed E-state index contributed by atoms with van der Waals surface area (Å²) in [5.74, 6) is 0. The molecule has 0 aromatic carbocycles. The van der Waals surface area contributed by atoms with Gasteiger partial charge in [0.05, 0.1) is 0 Å². The zero-order valence-corrected chi connectivity index (χ0v) is 19.3. The van der Waals surface area contributed by atoms with E-state index in [1.54, 1.807) is 12.5 Å². The van der Waals surface area contributed by atoms with Crippen LogP contribution in [-0.2, 0) is 0 Å². The Morgan fingerprint density at radius 2 is 1.38 bits per heavy atom. The molecule has 0 unspecified atom stereocenters. The van der Waals surface area contributed by atoms with E-state index in [-0.39, 0.29) is 0 Å². The van der Waals surface area contributed by atoms with Crippen LogP contribution >= 0.6 is 0 Å². The fourth-order valence-corrected chi connectivity index (χ4v) is 12.2. The number of hydrogen-bond donors (Lipinski definition) is 0. The first-order valence-corrected chi connectivity index (χ1v) is 16.4. The standard InChI is InChI=1S/C8H18N.C7H16N.C3H7.In/c1-5-7-9(6-2)8(3)4;1-5-6-8(4)7(2)3;1-3-2;/h8H,1,5-7H2,2-4H3;7H,1,5-6H2,2-4H3;1,3H2,2H3;. The molecule has 2 nitrogen and oxygen atoms in total. The molecule has 0 aliphatic carbocycles. The first-order valence-electron chi connectivity index (χ1n) is 9.36. The van der Waals surface area contributed by atoms with Crippen LogP contribution in [0.4, 0.5) is 0 Å². The second-order valence-corrected chi connectivity index (χ2v) is 17.1. The molecule has 0 spiro atoms. The van der Waals surface area contributed by atoms with Crippen LogP contribution in [0.3, 0.4) is 0 Å². The normalized spacial score (nSPS) is 12.1. The van der Waals surface area contributed by atoms with Crippen molar-refractivity contribution in [2.75, 3.05) is 26.7 Å². The third-order valence-corrected chi connectivity index (χ3v) is 15.9. The maximum absolute atomic E-state index is 2.63. The van der Waals surface area contributed by atoms with E-state index >= 15 is 0 Å². The van der Waals surface area contributed by atoms with Gasteiger partial charge < -0.3 is 0 Å². The molecule has 0 saturated heterocycles. The van der Waals surface area contributed by atoms with Gasteiger partial charge in [0.15, 0.2) is 0 Å². The summed E-state index contributed by atoms with van der Waals surface area (Å²) in [5.41, 5.74) is 0. The van der Waals surface area contributed by atoms with Crippen LogP contribution in [0.25, 0.3) is 0 Å². The molecule has 0 radical (unpaired) electrons. The molecule has 21 heavy (non-hydrogen) atoms. The predicted octanol–water partition coefficient (Wildman–Crippen LogP) is 4.74. The summed E-state index contributed by atoms with van der Waals surface area (Å²) < 4.78 is 4.88. The zero-order valence-electron chi connectivity index (χ0n) is 16.0. The molecular formula is C18H41InN2. The SMILES string of the molecule is CC[CH2][In]([CH2]CCN(C)C(C)C)[CH2]CCN(CC)C(C)C. The Morgan fingerprint density at radius 1 is 0.810 bits per heavy atom. The molecule has 0 bridgehead atoms. The second kappa shape index (κ2) is 13.2. The van der Waals surface area contributed by atoms with Crippen molar-refractivity contribution >= 4 is 21.4 Å². The van der Waals surface area contributed by atoms with Gasteiger partial charge in [-0.15, -0.1) is 0 Å². The van der Waals surface area contributed by atoms with E-state index in [0.717, 1.165) is 6.04 Å². The van der Waals surface area contributed by atoms with Gasteiger partial charge in [0.25, 0.3) is 0 Å². The molecule has 0 fully saturated rings. The van der Waals surface area contributed by atoms with Crippen LogP contribution in [0.15, 0.2) is 0 Å². The first kappa shape index (κ1) is 21.8. The molecule has 0 aromatic rings. The van der Waals surface area contributed by atoms with Crippen molar-refractivity contribution in [3.63, 3.8) is 0 Å². The summed E-state index contributed by atoms with van der Waals surface area (Å²) in [6, 6.07) is 1.42. The van der Waals surface area contributed by atoms with E-state index in [1.165, 1.54) is 38.9 Å². The topological polar surface area (TPSA) is 6.48 Å². The van der Waals surface area contributed by atoms with Crippen molar-refractivity contribution in [2.24, 2.45) is 0 Å². The Morgan fingerprint density at radius 3 is 1.81 bits per heavy atom. The van der Waals surface area contributed by atoms with Gasteiger partial charge >= 0.3 is 143 Å². The van der Waals surface area contributed by atoms with Crippen LogP contribution in [0.1, 0.15) is 60.8 Å². The summed E-state index contributed by atoms with van der Waals surface area (Å²) in [4.78, 5) is 5.13. The monoisotopic (exact) mass is 400 g/mol. The summed E-state index contributed by atoms with van der Waals surface area (Å²) in [6.45, 7) is 17.8. The summed E-state index contributed by atoms with van der Waals surface area (Å²) >= 11 is -1.21. The van der Waals surface area contributed by atoms with Gasteiger partial charge in [-0.3, -0.25) is 0 Å². The fraction of sp³-hybridized carbons (Fsp3) is 1.00. The molecule has 0 rings (SSSR count). The fourth-order valence-electron chi connectivity index (χ4n) is 3.09. The number of rotatable bonds is 13. The number of nitrogens with zero attached hydrogens (tertiary/aromatic N) is 2. The Labute approximate surface area is 143 Å². The Hall–Kier alpha value is 0.790. The number of hydrogen-bond acceptors (Lipinski definition) is 2. The molecule has 0 aliphatic heterocycles. The second-order valence-electron chi connectivity index (χ2n) is 7.24. The van der Waals surface area contributed by atoms with Crippen LogP contribution < -0.4 is 0 Å². The van der Waals surface area contributed by atoms with Gasteiger partial charge in [0.2, 0.25) is 0 Å². The molecule has 0 saturated carbocycles. The van der Waals surface area contributed by atoms with Crippen molar-refractivity contribution in [3.8, 4) is 0 Å². The molecule has 126 valence electrons. The minimum absolute atomic E-state index is 0.703. The van der Waals surface area contributed by atoms with Gasteiger partial charge in [0, 0.05) is 0 Å². The Kier molecular flexibility index (Phi) is 13.7. The predicted molar refractivity (Wildman–Crippen MR) is 99.8 cm³/mol. The molecule has 0 N–H and O–H groups in total. The van der Waals surface area contributed by atoms with Crippen molar-refractivity contribution in [2.45, 2.75) is 85.4 Å². The molecule has 0 heterocycles. The zero-order chi connectivity index (χ0) is 16.3. The average molecular weight is 400 g/mol. The van der Waals surface area contributed by atoms with Gasteiger partial charge in [-0.05, 0) is 0 Å². The molecule has 0 atom stereocenters. The van der Waals surface area contributed by atoms with Gasteiger partial charge in [-0.25, -0.2) is 0 Å². The van der Waals surface area contributed by atoms with E-state index in [0.29, 0.717) is 6.04 Å². The average Bonchev–Trinajstić information content (AvgIpc) is 2.42. The van der Waals surface area contributed by atoms with E-state index in [9.17, 15) is 0 Å². The minimum atomic E-state index is -1.21. The third-order valence-electron chi connectivity index (χ3n) is 4.90. The molecule has 0 amide bonds.